The molecule has 0 radical (unpaired) electrons. The molecule has 1 N–H and O–H groups in total. The average molecular weight is 583 g/mol. The van der Waals surface area contributed by atoms with Gasteiger partial charge in [-0.2, -0.15) is 5.10 Å². The maximum atomic E-state index is 12.3. The Labute approximate surface area is 255 Å². The van der Waals surface area contributed by atoms with Gasteiger partial charge in [0.15, 0.2) is 17.5 Å². The first-order valence-corrected chi connectivity index (χ1v) is 14.4. The lowest BCUT2D eigenvalue weighted by molar-refractivity contribution is 0.0600. The van der Waals surface area contributed by atoms with E-state index in [9.17, 15) is 4.79 Å². The molecule has 218 valence electrons. The second kappa shape index (κ2) is 11.2. The van der Waals surface area contributed by atoms with Gasteiger partial charge in [0.2, 0.25) is 0 Å². The summed E-state index contributed by atoms with van der Waals surface area (Å²) in [6.07, 6.45) is 0. The smallest absolute Gasteiger partial charge is 0.337 e. The number of fused-ring (bicyclic) bond motifs is 4. The molecule has 0 amide bonds. The summed E-state index contributed by atoms with van der Waals surface area (Å²) in [4.78, 5) is 24.8. The van der Waals surface area contributed by atoms with Crippen LogP contribution < -0.4 is 15.0 Å². The highest BCUT2D eigenvalue weighted by atomic mass is 16.5. The van der Waals surface area contributed by atoms with Crippen LogP contribution in [0, 0.1) is 6.92 Å². The topological polar surface area (TPSA) is 93.3 Å². The number of carbonyl (C=O) groups excluding carboxylic acids is 1. The van der Waals surface area contributed by atoms with E-state index < -0.39 is 0 Å². The average Bonchev–Trinajstić information content (AvgIpc) is 3.40. The van der Waals surface area contributed by atoms with Crippen LogP contribution >= 0.6 is 0 Å². The van der Waals surface area contributed by atoms with Crippen molar-refractivity contribution in [3.05, 3.63) is 126 Å². The lowest BCUT2D eigenvalue weighted by Crippen LogP contribution is -2.46. The molecule has 0 spiro atoms. The summed E-state index contributed by atoms with van der Waals surface area (Å²) in [5.41, 5.74) is 6.77. The zero-order valence-electron chi connectivity index (χ0n) is 24.6. The highest BCUT2D eigenvalue weighted by Gasteiger charge is 2.41. The molecule has 7 rings (SSSR count). The number of esters is 1. The summed E-state index contributed by atoms with van der Waals surface area (Å²) in [7, 11) is 1.39. The van der Waals surface area contributed by atoms with Crippen LogP contribution in [0.4, 0.5) is 22.9 Å². The van der Waals surface area contributed by atoms with Crippen molar-refractivity contribution in [2.24, 2.45) is 9.98 Å². The van der Waals surface area contributed by atoms with E-state index in [2.05, 4.69) is 16.3 Å². The highest BCUT2D eigenvalue weighted by Crippen LogP contribution is 2.48. The molecule has 1 atom stereocenters. The normalized spacial score (nSPS) is 14.9. The fourth-order valence-corrected chi connectivity index (χ4v) is 5.72. The first-order valence-electron chi connectivity index (χ1n) is 14.4. The third kappa shape index (κ3) is 4.68. The molecule has 0 saturated heterocycles. The monoisotopic (exact) mass is 582 g/mol. The Morgan fingerprint density at radius 3 is 2.34 bits per heavy atom. The zero-order valence-corrected chi connectivity index (χ0v) is 24.6. The van der Waals surface area contributed by atoms with Crippen molar-refractivity contribution >= 4 is 40.5 Å². The lowest BCUT2D eigenvalue weighted by atomic mass is 9.92. The number of carbonyl (C=O) groups is 1. The van der Waals surface area contributed by atoms with Gasteiger partial charge in [-0.15, -0.1) is 0 Å². The Balaban J connectivity index is 1.43. The summed E-state index contributed by atoms with van der Waals surface area (Å²) in [6.45, 7) is 4.57. The summed E-state index contributed by atoms with van der Waals surface area (Å²) in [5, 5.41) is 8.50. The Morgan fingerprint density at radius 1 is 0.886 bits per heavy atom. The van der Waals surface area contributed by atoms with Crippen LogP contribution in [-0.2, 0) is 4.74 Å². The van der Waals surface area contributed by atoms with E-state index in [0.29, 0.717) is 23.8 Å². The zero-order chi connectivity index (χ0) is 30.2. The van der Waals surface area contributed by atoms with Crippen molar-refractivity contribution < 1.29 is 14.3 Å². The molecule has 9 nitrogen and oxygen atoms in total. The van der Waals surface area contributed by atoms with Crippen molar-refractivity contribution in [3.63, 3.8) is 0 Å². The second-order valence-electron chi connectivity index (χ2n) is 10.4. The summed E-state index contributed by atoms with van der Waals surface area (Å²) in [5.74, 6) is 2.40. The molecular formula is C35H30N6O3. The van der Waals surface area contributed by atoms with Gasteiger partial charge in [-0.3, -0.25) is 0 Å². The predicted molar refractivity (Wildman–Crippen MR) is 172 cm³/mol. The van der Waals surface area contributed by atoms with Crippen LogP contribution in [0.25, 0.3) is 5.69 Å². The number of hydrogen-bond acceptors (Lipinski definition) is 8. The maximum absolute atomic E-state index is 12.3. The van der Waals surface area contributed by atoms with Crippen LogP contribution in [0.3, 0.4) is 0 Å². The van der Waals surface area contributed by atoms with E-state index in [4.69, 9.17) is 24.6 Å². The molecule has 0 saturated carbocycles. The van der Waals surface area contributed by atoms with Crippen molar-refractivity contribution in [3.8, 4) is 11.4 Å². The van der Waals surface area contributed by atoms with Crippen molar-refractivity contribution in [2.75, 3.05) is 23.9 Å². The number of anilines is 2. The van der Waals surface area contributed by atoms with Gasteiger partial charge < -0.3 is 19.7 Å². The third-order valence-electron chi connectivity index (χ3n) is 7.71. The van der Waals surface area contributed by atoms with Crippen LogP contribution in [0.15, 0.2) is 113 Å². The number of benzene rings is 4. The standard InChI is InChI=1S/C35H30N6O3/c1-4-44-27-20-18-25(19-21-27)36-32-34-38-33-30(22(2)39-41(33)26-10-6-5-7-11-26)31(23-14-16-24(17-15-23)35(42)43-3)40(34)29-13-9-8-12-28(29)37-32/h5-21,31H,4H2,1-3H3,(H,36,37). The van der Waals surface area contributed by atoms with Crippen molar-refractivity contribution in [1.29, 1.82) is 0 Å². The molecule has 4 aromatic carbocycles. The minimum Gasteiger partial charge on any atom is -0.494 e. The predicted octanol–water partition coefficient (Wildman–Crippen LogP) is 7.16. The van der Waals surface area contributed by atoms with E-state index in [1.165, 1.54) is 7.11 Å². The first-order chi connectivity index (χ1) is 21.6. The lowest BCUT2D eigenvalue weighted by Gasteiger charge is -2.40. The van der Waals surface area contributed by atoms with E-state index in [-0.39, 0.29) is 12.0 Å². The molecule has 9 heteroatoms. The quantitative estimate of drug-likeness (QED) is 0.214. The largest absolute Gasteiger partial charge is 0.494 e. The van der Waals surface area contributed by atoms with Crippen molar-refractivity contribution in [1.82, 2.24) is 9.78 Å². The SMILES string of the molecule is CCOc1ccc(NC2=Nc3ccccc3N3C2=Nc2c(c(C)nn2-c2ccccc2)C3c2ccc(C(=O)OC)cc2)cc1. The van der Waals surface area contributed by atoms with Crippen LogP contribution in [-0.4, -0.2) is 41.1 Å². The molecule has 0 aliphatic carbocycles. The molecule has 1 unspecified atom stereocenters. The molecule has 2 aliphatic heterocycles. The molecule has 1 aromatic heterocycles. The van der Waals surface area contributed by atoms with Crippen molar-refractivity contribution in [2.45, 2.75) is 19.9 Å². The fraction of sp³-hybridized carbons (Fsp3) is 0.143. The Morgan fingerprint density at radius 2 is 1.61 bits per heavy atom. The molecule has 2 aliphatic rings. The number of aromatic nitrogens is 2. The number of para-hydroxylation sites is 3. The molecule has 3 heterocycles. The van der Waals surface area contributed by atoms with E-state index in [1.807, 2.05) is 103 Å². The van der Waals surface area contributed by atoms with Gasteiger partial charge in [-0.1, -0.05) is 42.5 Å². The van der Waals surface area contributed by atoms with Gasteiger partial charge in [-0.25, -0.2) is 19.5 Å². The number of hydrogen-bond donors (Lipinski definition) is 1. The molecule has 5 aromatic rings. The van der Waals surface area contributed by atoms with Crippen LogP contribution in [0.1, 0.15) is 40.1 Å². The highest BCUT2D eigenvalue weighted by molar-refractivity contribution is 6.51. The van der Waals surface area contributed by atoms with Crippen LogP contribution in [0.2, 0.25) is 0 Å². The van der Waals surface area contributed by atoms with Gasteiger partial charge in [0.05, 0.1) is 48.1 Å². The summed E-state index contributed by atoms with van der Waals surface area (Å²) < 4.78 is 12.5. The van der Waals surface area contributed by atoms with Gasteiger partial charge in [0.25, 0.3) is 0 Å². The minimum absolute atomic E-state index is 0.310. The second-order valence-corrected chi connectivity index (χ2v) is 10.4. The summed E-state index contributed by atoms with van der Waals surface area (Å²) in [6, 6.07) is 33.0. The number of rotatable bonds is 6. The number of amidine groups is 2. The number of nitrogens with one attached hydrogen (secondary N) is 1. The van der Waals surface area contributed by atoms with E-state index in [1.54, 1.807) is 12.1 Å². The number of aryl methyl sites for hydroxylation is 1. The minimum atomic E-state index is -0.381. The Bertz CT molecular complexity index is 1910. The number of methoxy groups -OCH3 is 1. The van der Waals surface area contributed by atoms with Gasteiger partial charge >= 0.3 is 5.97 Å². The maximum Gasteiger partial charge on any atom is 0.337 e. The van der Waals surface area contributed by atoms with Gasteiger partial charge in [0.1, 0.15) is 5.75 Å². The van der Waals surface area contributed by atoms with E-state index >= 15 is 0 Å². The van der Waals surface area contributed by atoms with Crippen LogP contribution in [0.5, 0.6) is 5.75 Å². The molecule has 0 bridgehead atoms. The fourth-order valence-electron chi connectivity index (χ4n) is 5.72. The molecular weight excluding hydrogens is 552 g/mol. The third-order valence-corrected chi connectivity index (χ3v) is 7.71. The Kier molecular flexibility index (Phi) is 6.90. The summed E-state index contributed by atoms with van der Waals surface area (Å²) >= 11 is 0. The number of nitrogens with zero attached hydrogens (tertiary/aromatic N) is 5. The first kappa shape index (κ1) is 27.2. The molecule has 44 heavy (non-hydrogen) atoms. The Hall–Kier alpha value is -5.70. The molecule has 0 fully saturated rings. The van der Waals surface area contributed by atoms with Gasteiger partial charge in [0, 0.05) is 11.3 Å². The number of ether oxygens (including phenoxy) is 2. The van der Waals surface area contributed by atoms with E-state index in [0.717, 1.165) is 51.1 Å². The van der Waals surface area contributed by atoms with Gasteiger partial charge in [-0.05, 0) is 80.1 Å². The number of aliphatic imine (C=N–C) groups is 2.